The van der Waals surface area contributed by atoms with E-state index in [0.29, 0.717) is 44.5 Å². The van der Waals surface area contributed by atoms with Gasteiger partial charge in [0.25, 0.3) is 0 Å². The first-order valence-corrected chi connectivity index (χ1v) is 10.5. The van der Waals surface area contributed by atoms with Gasteiger partial charge in [-0.3, -0.25) is 9.36 Å². The number of fused-ring (bicyclic) bond motifs is 1. The molecule has 0 unspecified atom stereocenters. The Hall–Kier alpha value is -3.55. The van der Waals surface area contributed by atoms with E-state index in [1.165, 1.54) is 0 Å². The van der Waals surface area contributed by atoms with E-state index in [2.05, 4.69) is 5.32 Å². The number of aryl methyl sites for hydroxylation is 1. The molecule has 0 radical (unpaired) electrons. The predicted octanol–water partition coefficient (Wildman–Crippen LogP) is 3.47. The third-order valence-electron chi connectivity index (χ3n) is 5.48. The van der Waals surface area contributed by atoms with Crippen LogP contribution in [-0.4, -0.2) is 41.2 Å². The lowest BCUT2D eigenvalue weighted by atomic mass is 9.97. The van der Waals surface area contributed by atoms with Crippen molar-refractivity contribution in [2.45, 2.75) is 25.8 Å². The van der Waals surface area contributed by atoms with Gasteiger partial charge in [-0.2, -0.15) is 0 Å². The number of benzene rings is 2. The van der Waals surface area contributed by atoms with Crippen molar-refractivity contribution < 1.29 is 18.7 Å². The molecule has 3 aromatic rings. The Morgan fingerprint density at radius 2 is 1.74 bits per heavy atom. The van der Waals surface area contributed by atoms with Gasteiger partial charge in [-0.1, -0.05) is 30.3 Å². The minimum Gasteiger partial charge on any atom is -0.465 e. The van der Waals surface area contributed by atoms with E-state index < -0.39 is 5.76 Å². The van der Waals surface area contributed by atoms with Crippen LogP contribution in [0.1, 0.15) is 19.3 Å². The van der Waals surface area contributed by atoms with Crippen molar-refractivity contribution >= 4 is 28.8 Å². The number of hydrogen-bond acceptors (Lipinski definition) is 5. The van der Waals surface area contributed by atoms with Crippen LogP contribution in [0, 0.1) is 5.92 Å². The Bertz CT molecular complexity index is 1100. The molecule has 0 atom stereocenters. The summed E-state index contributed by atoms with van der Waals surface area (Å²) in [4.78, 5) is 38.4. The lowest BCUT2D eigenvalue weighted by molar-refractivity contribution is -0.150. The summed E-state index contributed by atoms with van der Waals surface area (Å²) in [5, 5.41) is 2.86. The zero-order valence-corrected chi connectivity index (χ0v) is 17.2. The molecular weight excluding hydrogens is 398 g/mol. The van der Waals surface area contributed by atoms with Gasteiger partial charge in [0.2, 0.25) is 0 Å². The Morgan fingerprint density at radius 1 is 1.03 bits per heavy atom. The highest BCUT2D eigenvalue weighted by atomic mass is 16.5. The van der Waals surface area contributed by atoms with Crippen molar-refractivity contribution in [2.75, 3.05) is 25.0 Å². The molecule has 8 nitrogen and oxygen atoms in total. The van der Waals surface area contributed by atoms with Gasteiger partial charge in [-0.25, -0.2) is 9.59 Å². The zero-order valence-electron chi connectivity index (χ0n) is 17.2. The summed E-state index contributed by atoms with van der Waals surface area (Å²) >= 11 is 0. The van der Waals surface area contributed by atoms with Crippen LogP contribution >= 0.6 is 0 Å². The zero-order chi connectivity index (χ0) is 21.6. The number of piperidine rings is 1. The molecule has 31 heavy (non-hydrogen) atoms. The van der Waals surface area contributed by atoms with Crippen molar-refractivity contribution in [3.8, 4) is 0 Å². The lowest BCUT2D eigenvalue weighted by Gasteiger charge is -2.31. The number of para-hydroxylation sites is 3. The Morgan fingerprint density at radius 3 is 2.52 bits per heavy atom. The molecule has 0 saturated carbocycles. The van der Waals surface area contributed by atoms with Gasteiger partial charge in [-0.05, 0) is 43.5 Å². The van der Waals surface area contributed by atoms with E-state index in [1.54, 1.807) is 15.5 Å². The second-order valence-corrected chi connectivity index (χ2v) is 7.57. The van der Waals surface area contributed by atoms with Crippen molar-refractivity contribution in [3.63, 3.8) is 0 Å². The highest BCUT2D eigenvalue weighted by Gasteiger charge is 2.28. The molecule has 1 N–H and O–H groups in total. The molecule has 1 aliphatic rings. The fraction of sp³-hybridized carbons (Fsp3) is 0.348. The largest absolute Gasteiger partial charge is 0.465 e. The Balaban J connectivity index is 1.19. The quantitative estimate of drug-likeness (QED) is 0.484. The molecule has 8 heteroatoms. The van der Waals surface area contributed by atoms with Crippen molar-refractivity contribution in [1.29, 1.82) is 0 Å². The molecule has 0 bridgehead atoms. The molecule has 1 saturated heterocycles. The topological polar surface area (TPSA) is 93.8 Å². The van der Waals surface area contributed by atoms with Crippen LogP contribution in [0.2, 0.25) is 0 Å². The molecular formula is C23H25N3O5. The third kappa shape index (κ3) is 4.96. The van der Waals surface area contributed by atoms with Crippen LogP contribution in [0.5, 0.6) is 0 Å². The first-order chi connectivity index (χ1) is 15.1. The smallest absolute Gasteiger partial charge is 0.419 e. The molecule has 4 rings (SSSR count). The lowest BCUT2D eigenvalue weighted by Crippen LogP contribution is -2.42. The highest BCUT2D eigenvalue weighted by Crippen LogP contribution is 2.20. The number of amides is 2. The average molecular weight is 423 g/mol. The molecule has 1 fully saturated rings. The number of carbonyl (C=O) groups excluding carboxylic acids is 2. The van der Waals surface area contributed by atoms with Gasteiger partial charge in [0, 0.05) is 25.3 Å². The minimum atomic E-state index is -0.409. The SMILES string of the molecule is O=C(OCCCn1c(=O)oc2ccccc21)C1CCN(C(=O)Nc2ccccc2)CC1. The summed E-state index contributed by atoms with van der Waals surface area (Å²) < 4.78 is 12.2. The van der Waals surface area contributed by atoms with E-state index >= 15 is 0 Å². The van der Waals surface area contributed by atoms with E-state index in [4.69, 9.17) is 9.15 Å². The van der Waals surface area contributed by atoms with E-state index in [1.807, 2.05) is 48.5 Å². The third-order valence-corrected chi connectivity index (χ3v) is 5.48. The van der Waals surface area contributed by atoms with Gasteiger partial charge in [0.15, 0.2) is 5.58 Å². The Kier molecular flexibility index (Phi) is 6.35. The summed E-state index contributed by atoms with van der Waals surface area (Å²) in [6, 6.07) is 16.4. The average Bonchev–Trinajstić information content (AvgIpc) is 3.12. The van der Waals surface area contributed by atoms with Crippen molar-refractivity contribution in [2.24, 2.45) is 5.92 Å². The summed E-state index contributed by atoms with van der Waals surface area (Å²) in [6.07, 6.45) is 1.67. The maximum Gasteiger partial charge on any atom is 0.419 e. The number of anilines is 1. The fourth-order valence-electron chi connectivity index (χ4n) is 3.78. The minimum absolute atomic E-state index is 0.157. The molecule has 2 aromatic carbocycles. The number of likely N-dealkylation sites (tertiary alicyclic amines) is 1. The predicted molar refractivity (Wildman–Crippen MR) is 116 cm³/mol. The monoisotopic (exact) mass is 423 g/mol. The number of urea groups is 1. The van der Waals surface area contributed by atoms with Crippen LogP contribution in [0.15, 0.2) is 63.8 Å². The van der Waals surface area contributed by atoms with Crippen molar-refractivity contribution in [3.05, 3.63) is 65.1 Å². The summed E-state index contributed by atoms with van der Waals surface area (Å²) in [5.41, 5.74) is 2.03. The number of carbonyl (C=O) groups is 2. The molecule has 0 aliphatic carbocycles. The highest BCUT2D eigenvalue weighted by molar-refractivity contribution is 5.89. The normalized spacial score (nSPS) is 14.5. The first-order valence-electron chi connectivity index (χ1n) is 10.5. The van der Waals surface area contributed by atoms with Gasteiger partial charge in [0.05, 0.1) is 18.0 Å². The van der Waals surface area contributed by atoms with Crippen molar-refractivity contribution in [1.82, 2.24) is 9.47 Å². The van der Waals surface area contributed by atoms with Crippen LogP contribution in [0.3, 0.4) is 0 Å². The molecule has 162 valence electrons. The van der Waals surface area contributed by atoms with E-state index in [9.17, 15) is 14.4 Å². The maximum absolute atomic E-state index is 12.4. The van der Waals surface area contributed by atoms with Crippen LogP contribution < -0.4 is 11.1 Å². The molecule has 2 heterocycles. The van der Waals surface area contributed by atoms with Crippen LogP contribution in [0.25, 0.3) is 11.1 Å². The first kappa shape index (κ1) is 20.7. The van der Waals surface area contributed by atoms with Gasteiger partial charge in [-0.15, -0.1) is 0 Å². The fourth-order valence-corrected chi connectivity index (χ4v) is 3.78. The number of nitrogens with zero attached hydrogens (tertiary/aromatic N) is 2. The van der Waals surface area contributed by atoms with Gasteiger partial charge >= 0.3 is 17.8 Å². The van der Waals surface area contributed by atoms with Crippen LogP contribution in [0.4, 0.5) is 10.5 Å². The van der Waals surface area contributed by atoms with Gasteiger partial charge in [0.1, 0.15) is 0 Å². The summed E-state index contributed by atoms with van der Waals surface area (Å²) in [5.74, 6) is -0.862. The number of ether oxygens (including phenoxy) is 1. The molecule has 1 aromatic heterocycles. The number of nitrogens with one attached hydrogen (secondary N) is 1. The number of esters is 1. The Labute approximate surface area is 179 Å². The summed E-state index contributed by atoms with van der Waals surface area (Å²) in [6.45, 7) is 1.67. The standard InChI is InChI=1S/C23H25N3O5/c27-21(30-16-6-13-26-19-9-4-5-10-20(19)31-23(26)29)17-11-14-25(15-12-17)22(28)24-18-7-2-1-3-8-18/h1-5,7-10,17H,6,11-16H2,(H,24,28). The number of aromatic nitrogens is 1. The summed E-state index contributed by atoms with van der Waals surface area (Å²) in [7, 11) is 0. The second-order valence-electron chi connectivity index (χ2n) is 7.57. The molecule has 2 amide bonds. The maximum atomic E-state index is 12.4. The molecule has 1 aliphatic heterocycles. The number of hydrogen-bond donors (Lipinski definition) is 1. The number of oxazole rings is 1. The van der Waals surface area contributed by atoms with Crippen LogP contribution in [-0.2, 0) is 16.1 Å². The van der Waals surface area contributed by atoms with E-state index in [-0.39, 0.29) is 24.5 Å². The van der Waals surface area contributed by atoms with Gasteiger partial charge < -0.3 is 19.4 Å². The second kappa shape index (κ2) is 9.51. The number of rotatable bonds is 6. The molecule has 0 spiro atoms. The van der Waals surface area contributed by atoms with E-state index in [0.717, 1.165) is 11.2 Å².